The van der Waals surface area contributed by atoms with E-state index in [1.165, 1.54) is 24.0 Å². The number of hydrogen-bond acceptors (Lipinski definition) is 3. The van der Waals surface area contributed by atoms with Gasteiger partial charge in [0.25, 0.3) is 0 Å². The minimum absolute atomic E-state index is 0.681. The van der Waals surface area contributed by atoms with Crippen molar-refractivity contribution in [2.45, 2.75) is 25.3 Å². The molecule has 0 atom stereocenters. The number of benzene rings is 1. The van der Waals surface area contributed by atoms with Gasteiger partial charge < -0.3 is 5.73 Å². The largest absolute Gasteiger partial charge is 0.399 e. The first-order valence-corrected chi connectivity index (χ1v) is 7.28. The van der Waals surface area contributed by atoms with Gasteiger partial charge in [-0.05, 0) is 61.2 Å². The highest BCUT2D eigenvalue weighted by atomic mass is 15.1. The lowest BCUT2D eigenvalue weighted by Gasteiger charge is -2.32. The van der Waals surface area contributed by atoms with Crippen LogP contribution in [0.5, 0.6) is 0 Å². The minimum Gasteiger partial charge on any atom is -0.399 e. The summed E-state index contributed by atoms with van der Waals surface area (Å²) >= 11 is 0. The topological polar surface area (TPSA) is 42.1 Å². The Bertz CT molecular complexity index is 528. The fraction of sp³-hybridized carbons (Fsp3) is 0.353. The molecule has 1 aliphatic heterocycles. The number of aromatic nitrogens is 1. The number of nitrogens with two attached hydrogens (primary N) is 1. The highest BCUT2D eigenvalue weighted by Gasteiger charge is 2.20. The van der Waals surface area contributed by atoms with Gasteiger partial charge in [0, 0.05) is 24.6 Å². The van der Waals surface area contributed by atoms with E-state index in [1.54, 1.807) is 0 Å². The van der Waals surface area contributed by atoms with Crippen molar-refractivity contribution in [3.05, 3.63) is 59.9 Å². The van der Waals surface area contributed by atoms with Crippen molar-refractivity contribution in [2.24, 2.45) is 0 Å². The molecule has 20 heavy (non-hydrogen) atoms. The van der Waals surface area contributed by atoms with Crippen LogP contribution in [0.1, 0.15) is 29.9 Å². The highest BCUT2D eigenvalue weighted by Crippen LogP contribution is 2.28. The van der Waals surface area contributed by atoms with Gasteiger partial charge >= 0.3 is 0 Å². The number of pyridine rings is 1. The van der Waals surface area contributed by atoms with E-state index in [1.807, 2.05) is 30.6 Å². The summed E-state index contributed by atoms with van der Waals surface area (Å²) in [5.41, 5.74) is 9.33. The normalized spacial score (nSPS) is 17.2. The van der Waals surface area contributed by atoms with Crippen molar-refractivity contribution in [3.63, 3.8) is 0 Å². The predicted octanol–water partition coefficient (Wildman–Crippen LogP) is 3.04. The molecule has 2 N–H and O–H groups in total. The van der Waals surface area contributed by atoms with Gasteiger partial charge in [-0.15, -0.1) is 0 Å². The van der Waals surface area contributed by atoms with Crippen LogP contribution in [0.4, 0.5) is 5.69 Å². The van der Waals surface area contributed by atoms with Crippen LogP contribution in [0.3, 0.4) is 0 Å². The van der Waals surface area contributed by atoms with E-state index >= 15 is 0 Å². The summed E-state index contributed by atoms with van der Waals surface area (Å²) < 4.78 is 0. The van der Waals surface area contributed by atoms with Crippen LogP contribution < -0.4 is 5.73 Å². The highest BCUT2D eigenvalue weighted by molar-refractivity contribution is 5.40. The number of nitrogens with zero attached hydrogens (tertiary/aromatic N) is 2. The molecule has 0 bridgehead atoms. The van der Waals surface area contributed by atoms with Gasteiger partial charge in [0.15, 0.2) is 0 Å². The number of hydrogen-bond donors (Lipinski definition) is 1. The summed E-state index contributed by atoms with van der Waals surface area (Å²) in [4.78, 5) is 6.70. The molecule has 1 fully saturated rings. The SMILES string of the molecule is Nc1ccc(C2CCN(Cc3cccnc3)CC2)cc1. The second-order valence-corrected chi connectivity index (χ2v) is 5.58. The Morgan fingerprint density at radius 3 is 2.50 bits per heavy atom. The van der Waals surface area contributed by atoms with Crippen molar-refractivity contribution in [3.8, 4) is 0 Å². The molecule has 3 rings (SSSR count). The molecule has 3 heteroatoms. The second-order valence-electron chi connectivity index (χ2n) is 5.58. The van der Waals surface area contributed by atoms with Crippen LogP contribution in [0.2, 0.25) is 0 Å². The van der Waals surface area contributed by atoms with Gasteiger partial charge in [0.05, 0.1) is 0 Å². The fourth-order valence-electron chi connectivity index (χ4n) is 2.94. The molecule has 1 aliphatic rings. The zero-order valence-corrected chi connectivity index (χ0v) is 11.7. The predicted molar refractivity (Wildman–Crippen MR) is 82.3 cm³/mol. The fourth-order valence-corrected chi connectivity index (χ4v) is 2.94. The molecule has 0 aliphatic carbocycles. The molecular weight excluding hydrogens is 246 g/mol. The number of likely N-dealkylation sites (tertiary alicyclic amines) is 1. The van der Waals surface area contributed by atoms with Gasteiger partial charge in [0.2, 0.25) is 0 Å². The molecular formula is C17H21N3. The van der Waals surface area contributed by atoms with Crippen molar-refractivity contribution in [2.75, 3.05) is 18.8 Å². The van der Waals surface area contributed by atoms with Crippen LogP contribution >= 0.6 is 0 Å². The maximum absolute atomic E-state index is 5.75. The van der Waals surface area contributed by atoms with Crippen LogP contribution in [0.15, 0.2) is 48.8 Å². The van der Waals surface area contributed by atoms with Gasteiger partial charge in [-0.3, -0.25) is 9.88 Å². The van der Waals surface area contributed by atoms with E-state index in [4.69, 9.17) is 5.73 Å². The zero-order chi connectivity index (χ0) is 13.8. The third-order valence-corrected chi connectivity index (χ3v) is 4.12. The average Bonchev–Trinajstić information content (AvgIpc) is 2.50. The van der Waals surface area contributed by atoms with E-state index in [0.717, 1.165) is 25.3 Å². The first kappa shape index (κ1) is 13.1. The average molecular weight is 267 g/mol. The molecule has 1 saturated heterocycles. The van der Waals surface area contributed by atoms with Gasteiger partial charge in [-0.1, -0.05) is 18.2 Å². The Balaban J connectivity index is 1.55. The Hall–Kier alpha value is -1.87. The van der Waals surface area contributed by atoms with Gasteiger partial charge in [-0.25, -0.2) is 0 Å². The molecule has 0 amide bonds. The second kappa shape index (κ2) is 6.06. The molecule has 0 saturated carbocycles. The maximum Gasteiger partial charge on any atom is 0.0314 e. The summed E-state index contributed by atoms with van der Waals surface area (Å²) in [6, 6.07) is 12.5. The van der Waals surface area contributed by atoms with Crippen LogP contribution in [-0.4, -0.2) is 23.0 Å². The van der Waals surface area contributed by atoms with E-state index in [-0.39, 0.29) is 0 Å². The van der Waals surface area contributed by atoms with Gasteiger partial charge in [-0.2, -0.15) is 0 Å². The Morgan fingerprint density at radius 2 is 1.85 bits per heavy atom. The van der Waals surface area contributed by atoms with Crippen LogP contribution in [0, 0.1) is 0 Å². The van der Waals surface area contributed by atoms with Crippen molar-refractivity contribution < 1.29 is 0 Å². The number of rotatable bonds is 3. The summed E-state index contributed by atoms with van der Waals surface area (Å²) in [6.45, 7) is 3.33. The first-order valence-electron chi connectivity index (χ1n) is 7.28. The zero-order valence-electron chi connectivity index (χ0n) is 11.7. The van der Waals surface area contributed by atoms with Crippen molar-refractivity contribution >= 4 is 5.69 Å². The van der Waals surface area contributed by atoms with E-state index in [9.17, 15) is 0 Å². The molecule has 3 nitrogen and oxygen atoms in total. The molecule has 2 heterocycles. The summed E-state index contributed by atoms with van der Waals surface area (Å²) in [7, 11) is 0. The molecule has 0 unspecified atom stereocenters. The molecule has 0 spiro atoms. The Kier molecular flexibility index (Phi) is 3.97. The first-order chi connectivity index (χ1) is 9.81. The van der Waals surface area contributed by atoms with Crippen molar-refractivity contribution in [1.29, 1.82) is 0 Å². The lowest BCUT2D eigenvalue weighted by atomic mass is 9.89. The molecule has 2 aromatic rings. The van der Waals surface area contributed by atoms with E-state index in [0.29, 0.717) is 5.92 Å². The lowest BCUT2D eigenvalue weighted by molar-refractivity contribution is 0.204. The van der Waals surface area contributed by atoms with E-state index in [2.05, 4.69) is 28.1 Å². The summed E-state index contributed by atoms with van der Waals surface area (Å²) in [6.07, 6.45) is 6.25. The third kappa shape index (κ3) is 3.17. The Labute approximate surface area is 120 Å². The summed E-state index contributed by atoms with van der Waals surface area (Å²) in [5, 5.41) is 0. The van der Waals surface area contributed by atoms with E-state index < -0.39 is 0 Å². The number of nitrogen functional groups attached to an aromatic ring is 1. The van der Waals surface area contributed by atoms with Crippen LogP contribution in [0.25, 0.3) is 0 Å². The molecule has 1 aromatic carbocycles. The third-order valence-electron chi connectivity index (χ3n) is 4.12. The monoisotopic (exact) mass is 267 g/mol. The van der Waals surface area contributed by atoms with Gasteiger partial charge in [0.1, 0.15) is 0 Å². The standard InChI is InChI=1S/C17H21N3/c18-17-5-3-15(4-6-17)16-7-10-20(11-8-16)13-14-2-1-9-19-12-14/h1-6,9,12,16H,7-8,10-11,13,18H2. The lowest BCUT2D eigenvalue weighted by Crippen LogP contribution is -2.32. The van der Waals surface area contributed by atoms with Crippen LogP contribution in [-0.2, 0) is 6.54 Å². The Morgan fingerprint density at radius 1 is 1.10 bits per heavy atom. The molecule has 1 aromatic heterocycles. The molecule has 0 radical (unpaired) electrons. The maximum atomic E-state index is 5.75. The summed E-state index contributed by atoms with van der Waals surface area (Å²) in [5.74, 6) is 0.681. The molecule has 104 valence electrons. The number of piperidine rings is 1. The number of anilines is 1. The van der Waals surface area contributed by atoms with Crippen molar-refractivity contribution in [1.82, 2.24) is 9.88 Å². The smallest absolute Gasteiger partial charge is 0.0314 e. The quantitative estimate of drug-likeness (QED) is 0.869. The minimum atomic E-state index is 0.681.